The summed E-state index contributed by atoms with van der Waals surface area (Å²) in [5, 5.41) is 0. The van der Waals surface area contributed by atoms with Gasteiger partial charge >= 0.3 is 12.3 Å². The number of imidazole rings is 1. The van der Waals surface area contributed by atoms with Crippen LogP contribution in [0.1, 0.15) is 5.56 Å². The van der Waals surface area contributed by atoms with Crippen molar-refractivity contribution in [2.75, 3.05) is 6.61 Å². The lowest BCUT2D eigenvalue weighted by Crippen LogP contribution is -2.33. The van der Waals surface area contributed by atoms with Crippen molar-refractivity contribution in [1.82, 2.24) is 9.55 Å². The minimum absolute atomic E-state index is 0.414. The van der Waals surface area contributed by atoms with Crippen molar-refractivity contribution in [3.63, 3.8) is 0 Å². The van der Waals surface area contributed by atoms with Gasteiger partial charge in [0.05, 0.1) is 10.6 Å². The third kappa shape index (κ3) is 3.65. The van der Waals surface area contributed by atoms with Gasteiger partial charge in [0, 0.05) is 23.9 Å². The van der Waals surface area contributed by atoms with Gasteiger partial charge in [0.2, 0.25) is 0 Å². The van der Waals surface area contributed by atoms with Crippen molar-refractivity contribution in [2.24, 2.45) is 0 Å². The normalized spacial score (nSPS) is 13.6. The molecule has 2 aromatic carbocycles. The van der Waals surface area contributed by atoms with Crippen LogP contribution in [0.4, 0.5) is 17.6 Å². The third-order valence-electron chi connectivity index (χ3n) is 4.54. The van der Waals surface area contributed by atoms with Crippen LogP contribution in [0.25, 0.3) is 22.6 Å². The zero-order chi connectivity index (χ0) is 20.8. The van der Waals surface area contributed by atoms with E-state index in [0.717, 1.165) is 29.1 Å². The highest BCUT2D eigenvalue weighted by Crippen LogP contribution is 2.33. The van der Waals surface area contributed by atoms with Crippen LogP contribution in [0.3, 0.4) is 0 Å². The van der Waals surface area contributed by atoms with Gasteiger partial charge in [0.25, 0.3) is 10.1 Å². The Balaban J connectivity index is 1.54. The van der Waals surface area contributed by atoms with Crippen LogP contribution in [0.15, 0.2) is 59.6 Å². The van der Waals surface area contributed by atoms with Gasteiger partial charge in [0.1, 0.15) is 12.4 Å². The van der Waals surface area contributed by atoms with Gasteiger partial charge in [-0.05, 0) is 17.7 Å². The Hall–Kier alpha value is -2.72. The van der Waals surface area contributed by atoms with Crippen molar-refractivity contribution in [3.05, 3.63) is 60.3 Å². The van der Waals surface area contributed by atoms with Crippen LogP contribution in [-0.2, 0) is 20.8 Å². The number of aromatic nitrogens is 2. The van der Waals surface area contributed by atoms with E-state index in [9.17, 15) is 26.0 Å². The predicted octanol–water partition coefficient (Wildman–Crippen LogP) is 4.18. The van der Waals surface area contributed by atoms with Crippen LogP contribution in [-0.4, -0.2) is 36.9 Å². The molecule has 0 aliphatic carbocycles. The lowest BCUT2D eigenvalue weighted by molar-refractivity contribution is -0.147. The number of hydrogen-bond donors (Lipinski definition) is 0. The van der Waals surface area contributed by atoms with E-state index >= 15 is 0 Å². The Morgan fingerprint density at radius 2 is 1.79 bits per heavy atom. The van der Waals surface area contributed by atoms with Crippen molar-refractivity contribution in [2.45, 2.75) is 23.8 Å². The molecule has 1 aliphatic rings. The molecule has 152 valence electrons. The SMILES string of the molecule is O=S(=O)(OCC(F)(F)C(F)F)c1ccc(-c2cn3c(n2)-c2ccccc2C3)cc1. The first-order chi connectivity index (χ1) is 13.7. The first-order valence-corrected chi connectivity index (χ1v) is 9.89. The first-order valence-electron chi connectivity index (χ1n) is 8.49. The Morgan fingerprint density at radius 3 is 2.48 bits per heavy atom. The molecule has 10 heteroatoms. The highest BCUT2D eigenvalue weighted by Gasteiger charge is 2.42. The highest BCUT2D eigenvalue weighted by molar-refractivity contribution is 7.86. The molecule has 0 amide bonds. The van der Waals surface area contributed by atoms with Crippen molar-refractivity contribution in [3.8, 4) is 22.6 Å². The molecule has 4 rings (SSSR count). The Kier molecular flexibility index (Phi) is 4.70. The average molecular weight is 426 g/mol. The maximum atomic E-state index is 12.9. The molecule has 29 heavy (non-hydrogen) atoms. The Morgan fingerprint density at radius 1 is 1.10 bits per heavy atom. The molecular formula is C19H14F4N2O3S. The lowest BCUT2D eigenvalue weighted by atomic mass is 10.1. The van der Waals surface area contributed by atoms with Crippen LogP contribution in [0.2, 0.25) is 0 Å². The number of halogens is 4. The summed E-state index contributed by atoms with van der Waals surface area (Å²) in [6.07, 6.45) is -2.19. The molecule has 0 fully saturated rings. The van der Waals surface area contributed by atoms with E-state index in [2.05, 4.69) is 9.17 Å². The van der Waals surface area contributed by atoms with Crippen LogP contribution in [0.5, 0.6) is 0 Å². The molecule has 0 bridgehead atoms. The van der Waals surface area contributed by atoms with E-state index in [1.54, 1.807) is 0 Å². The molecule has 5 nitrogen and oxygen atoms in total. The maximum absolute atomic E-state index is 12.9. The van der Waals surface area contributed by atoms with E-state index < -0.39 is 34.0 Å². The fraction of sp³-hybridized carbons (Fsp3) is 0.211. The smallest absolute Gasteiger partial charge is 0.326 e. The molecule has 0 unspecified atom stereocenters. The number of rotatable bonds is 6. The second kappa shape index (κ2) is 6.96. The van der Waals surface area contributed by atoms with Gasteiger partial charge in [-0.3, -0.25) is 4.18 Å². The van der Waals surface area contributed by atoms with E-state index in [0.29, 0.717) is 17.8 Å². The van der Waals surface area contributed by atoms with Gasteiger partial charge in [-0.25, -0.2) is 13.8 Å². The quantitative estimate of drug-likeness (QED) is 0.343. The standard InChI is InChI=1S/C19H14F4N2O3S/c20-18(21)19(22,23)11-28-29(26,27)14-7-5-12(6-8-14)16-10-25-9-13-3-1-2-4-15(13)17(25)24-16/h1-8,10,18H,9,11H2. The van der Waals surface area contributed by atoms with Crippen LogP contribution in [0, 0.1) is 0 Å². The second-order valence-corrected chi connectivity index (χ2v) is 8.15. The molecule has 0 saturated carbocycles. The van der Waals surface area contributed by atoms with E-state index in [1.165, 1.54) is 12.1 Å². The summed E-state index contributed by atoms with van der Waals surface area (Å²) in [6.45, 7) is -1.25. The second-order valence-electron chi connectivity index (χ2n) is 6.54. The molecule has 0 saturated heterocycles. The Labute approximate surface area is 163 Å². The van der Waals surface area contributed by atoms with Gasteiger partial charge in [-0.15, -0.1) is 0 Å². The predicted molar refractivity (Wildman–Crippen MR) is 96.3 cm³/mol. The van der Waals surface area contributed by atoms with Crippen LogP contribution < -0.4 is 0 Å². The van der Waals surface area contributed by atoms with Gasteiger partial charge < -0.3 is 4.57 Å². The number of alkyl halides is 4. The van der Waals surface area contributed by atoms with Crippen LogP contribution >= 0.6 is 0 Å². The minimum Gasteiger partial charge on any atom is -0.326 e. The summed E-state index contributed by atoms with van der Waals surface area (Å²) in [6, 6.07) is 13.1. The van der Waals surface area contributed by atoms with E-state index in [1.807, 2.05) is 35.0 Å². The third-order valence-corrected chi connectivity index (χ3v) is 5.82. The van der Waals surface area contributed by atoms with E-state index in [-0.39, 0.29) is 0 Å². The van der Waals surface area contributed by atoms with Gasteiger partial charge in [0.15, 0.2) is 0 Å². The zero-order valence-corrected chi connectivity index (χ0v) is 15.5. The number of fused-ring (bicyclic) bond motifs is 3. The largest absolute Gasteiger partial charge is 0.331 e. The van der Waals surface area contributed by atoms with Crippen molar-refractivity contribution >= 4 is 10.1 Å². The summed E-state index contributed by atoms with van der Waals surface area (Å²) < 4.78 is 80.2. The lowest BCUT2D eigenvalue weighted by Gasteiger charge is -2.15. The molecule has 2 heterocycles. The monoisotopic (exact) mass is 426 g/mol. The van der Waals surface area contributed by atoms with Gasteiger partial charge in [-0.2, -0.15) is 17.2 Å². The summed E-state index contributed by atoms with van der Waals surface area (Å²) in [7, 11) is -4.60. The molecule has 3 aromatic rings. The molecule has 0 atom stereocenters. The van der Waals surface area contributed by atoms with E-state index in [4.69, 9.17) is 0 Å². The fourth-order valence-electron chi connectivity index (χ4n) is 3.03. The number of nitrogens with zero attached hydrogens (tertiary/aromatic N) is 2. The minimum atomic E-state index is -4.60. The molecule has 0 spiro atoms. The maximum Gasteiger partial charge on any atom is 0.331 e. The number of benzene rings is 2. The van der Waals surface area contributed by atoms with Crippen molar-refractivity contribution in [1.29, 1.82) is 0 Å². The van der Waals surface area contributed by atoms with Crippen molar-refractivity contribution < 1.29 is 30.2 Å². The molecule has 0 radical (unpaired) electrons. The molecule has 1 aliphatic heterocycles. The Bertz CT molecular complexity index is 1160. The first kappa shape index (κ1) is 19.6. The highest BCUT2D eigenvalue weighted by atomic mass is 32.2. The molecular weight excluding hydrogens is 412 g/mol. The van der Waals surface area contributed by atoms with Gasteiger partial charge in [-0.1, -0.05) is 36.4 Å². The fourth-order valence-corrected chi connectivity index (χ4v) is 3.95. The zero-order valence-electron chi connectivity index (χ0n) is 14.7. The molecule has 1 aromatic heterocycles. The summed E-state index contributed by atoms with van der Waals surface area (Å²) in [4.78, 5) is 4.17. The molecule has 0 N–H and O–H groups in total. The summed E-state index contributed by atoms with van der Waals surface area (Å²) in [5.74, 6) is -3.76. The number of hydrogen-bond acceptors (Lipinski definition) is 4. The topological polar surface area (TPSA) is 61.2 Å². The summed E-state index contributed by atoms with van der Waals surface area (Å²) in [5.41, 5.74) is 3.40. The summed E-state index contributed by atoms with van der Waals surface area (Å²) >= 11 is 0. The average Bonchev–Trinajstić information content (AvgIpc) is 3.25.